The lowest BCUT2D eigenvalue weighted by Gasteiger charge is -2.41. The Morgan fingerprint density at radius 3 is 2.04 bits per heavy atom. The Hall–Kier alpha value is -4.88. The summed E-state index contributed by atoms with van der Waals surface area (Å²) in [6, 6.07) is 19.6. The Bertz CT molecular complexity index is 1550. The zero-order valence-electron chi connectivity index (χ0n) is 27.1. The second kappa shape index (κ2) is 17.9. The predicted molar refractivity (Wildman–Crippen MR) is 175 cm³/mol. The van der Waals surface area contributed by atoms with Gasteiger partial charge >= 0.3 is 11.9 Å². The highest BCUT2D eigenvalue weighted by Crippen LogP contribution is 2.30. The summed E-state index contributed by atoms with van der Waals surface area (Å²) in [4.78, 5) is 25.4. The summed E-state index contributed by atoms with van der Waals surface area (Å²) in [5, 5.41) is 22.0. The molecule has 0 amide bonds. The van der Waals surface area contributed by atoms with E-state index in [4.69, 9.17) is 37.9 Å². The molecular formula is C36H40O12. The molecule has 5 atom stereocenters. The molecule has 2 N–H and O–H groups in total. The zero-order chi connectivity index (χ0) is 34.5. The van der Waals surface area contributed by atoms with E-state index in [1.54, 1.807) is 43.5 Å². The van der Waals surface area contributed by atoms with Crippen LogP contribution in [0, 0.1) is 0 Å². The SMILES string of the molecule is COc1ccc(/C=C/C(=O)O[C@@H]2[C@@H](O)[C@@H](O)[C@@H](OCCc3ccc(OC)c(OC)c3)O[C@@H]2COC(=O)/C=C/c2ccccc2)cc1OC. The summed E-state index contributed by atoms with van der Waals surface area (Å²) in [5.41, 5.74) is 2.27. The van der Waals surface area contributed by atoms with E-state index in [9.17, 15) is 19.8 Å². The van der Waals surface area contributed by atoms with Gasteiger partial charge in [-0.3, -0.25) is 0 Å². The van der Waals surface area contributed by atoms with E-state index >= 15 is 0 Å². The molecule has 1 fully saturated rings. The fraction of sp³-hybridized carbons (Fsp3) is 0.333. The van der Waals surface area contributed by atoms with Crippen molar-refractivity contribution in [1.82, 2.24) is 0 Å². The molecular weight excluding hydrogens is 624 g/mol. The van der Waals surface area contributed by atoms with Crippen LogP contribution in [0.25, 0.3) is 12.2 Å². The molecule has 3 aromatic carbocycles. The van der Waals surface area contributed by atoms with Gasteiger partial charge in [-0.15, -0.1) is 0 Å². The smallest absolute Gasteiger partial charge is 0.331 e. The summed E-state index contributed by atoms with van der Waals surface area (Å²) in [6.45, 7) is -0.316. The largest absolute Gasteiger partial charge is 0.493 e. The molecule has 0 spiro atoms. The first kappa shape index (κ1) is 36.0. The van der Waals surface area contributed by atoms with Crippen molar-refractivity contribution >= 4 is 24.1 Å². The molecule has 256 valence electrons. The van der Waals surface area contributed by atoms with Crippen molar-refractivity contribution in [3.63, 3.8) is 0 Å². The maximum absolute atomic E-state index is 12.9. The van der Waals surface area contributed by atoms with Crippen LogP contribution in [0.1, 0.15) is 16.7 Å². The third-order valence-electron chi connectivity index (χ3n) is 7.43. The van der Waals surface area contributed by atoms with Gasteiger partial charge in [0.15, 0.2) is 35.4 Å². The van der Waals surface area contributed by atoms with Crippen LogP contribution in [-0.2, 0) is 35.0 Å². The normalized spacial score (nSPS) is 20.8. The summed E-state index contributed by atoms with van der Waals surface area (Å²) in [7, 11) is 6.08. The van der Waals surface area contributed by atoms with E-state index in [-0.39, 0.29) is 6.61 Å². The molecule has 1 aliphatic rings. The Morgan fingerprint density at radius 2 is 1.35 bits per heavy atom. The quantitative estimate of drug-likeness (QED) is 0.181. The van der Waals surface area contributed by atoms with E-state index in [0.717, 1.165) is 17.2 Å². The summed E-state index contributed by atoms with van der Waals surface area (Å²) >= 11 is 0. The molecule has 0 aromatic heterocycles. The second-order valence-corrected chi connectivity index (χ2v) is 10.6. The maximum Gasteiger partial charge on any atom is 0.331 e. The molecule has 1 aliphatic heterocycles. The number of aliphatic hydroxyl groups is 2. The van der Waals surface area contributed by atoms with Crippen molar-refractivity contribution in [3.05, 3.63) is 95.6 Å². The van der Waals surface area contributed by atoms with Gasteiger partial charge in [0.1, 0.15) is 24.9 Å². The Kier molecular flexibility index (Phi) is 13.4. The van der Waals surface area contributed by atoms with Crippen LogP contribution in [0.4, 0.5) is 0 Å². The minimum Gasteiger partial charge on any atom is -0.493 e. The van der Waals surface area contributed by atoms with Gasteiger partial charge in [0.2, 0.25) is 0 Å². The van der Waals surface area contributed by atoms with Gasteiger partial charge in [0.25, 0.3) is 0 Å². The fourth-order valence-corrected chi connectivity index (χ4v) is 4.89. The number of methoxy groups -OCH3 is 4. The van der Waals surface area contributed by atoms with Gasteiger partial charge in [-0.1, -0.05) is 42.5 Å². The van der Waals surface area contributed by atoms with Crippen molar-refractivity contribution in [1.29, 1.82) is 0 Å². The number of carbonyl (C=O) groups is 2. The molecule has 4 rings (SSSR count). The number of carbonyl (C=O) groups excluding carboxylic acids is 2. The van der Waals surface area contributed by atoms with Crippen molar-refractivity contribution in [3.8, 4) is 23.0 Å². The molecule has 0 aliphatic carbocycles. The van der Waals surface area contributed by atoms with Crippen molar-refractivity contribution < 1.29 is 57.7 Å². The molecule has 0 saturated carbocycles. The minimum atomic E-state index is -1.63. The zero-order valence-corrected chi connectivity index (χ0v) is 27.1. The predicted octanol–water partition coefficient (Wildman–Crippen LogP) is 3.61. The molecule has 12 heteroatoms. The summed E-state index contributed by atoms with van der Waals surface area (Å²) < 4.78 is 43.8. The standard InChI is InChI=1S/C36H40O12/c1-41-26-14-10-24(20-28(26)43-3)13-17-32(38)48-35-30(22-46-31(37)16-12-23-8-6-5-7-9-23)47-36(34(40)33(35)39)45-19-18-25-11-15-27(42-2)29(21-25)44-4/h5-17,20-21,30,33-36,39-40H,18-19,22H2,1-4H3/b16-12+,17-13+/t30-,33+,34-,35+,36+/m1/s1. The van der Waals surface area contributed by atoms with Crippen LogP contribution in [0.3, 0.4) is 0 Å². The lowest BCUT2D eigenvalue weighted by molar-refractivity contribution is -0.303. The highest BCUT2D eigenvalue weighted by atomic mass is 16.7. The fourth-order valence-electron chi connectivity index (χ4n) is 4.89. The number of hydrogen-bond donors (Lipinski definition) is 2. The van der Waals surface area contributed by atoms with Gasteiger partial charge < -0.3 is 48.1 Å². The number of aliphatic hydroxyl groups excluding tert-OH is 2. The average Bonchev–Trinajstić information content (AvgIpc) is 3.12. The third kappa shape index (κ3) is 9.81. The van der Waals surface area contributed by atoms with Gasteiger partial charge in [-0.25, -0.2) is 9.59 Å². The monoisotopic (exact) mass is 664 g/mol. The average molecular weight is 665 g/mol. The van der Waals surface area contributed by atoms with Gasteiger partial charge in [-0.05, 0) is 59.5 Å². The van der Waals surface area contributed by atoms with Gasteiger partial charge in [0.05, 0.1) is 35.0 Å². The molecule has 3 aromatic rings. The highest BCUT2D eigenvalue weighted by molar-refractivity contribution is 5.88. The van der Waals surface area contributed by atoms with Crippen LogP contribution < -0.4 is 18.9 Å². The Labute approximate surface area is 279 Å². The molecule has 48 heavy (non-hydrogen) atoms. The lowest BCUT2D eigenvalue weighted by atomic mass is 9.99. The molecule has 1 heterocycles. The van der Waals surface area contributed by atoms with Crippen molar-refractivity contribution in [2.24, 2.45) is 0 Å². The van der Waals surface area contributed by atoms with Crippen LogP contribution >= 0.6 is 0 Å². The number of ether oxygens (including phenoxy) is 8. The molecule has 0 radical (unpaired) electrons. The highest BCUT2D eigenvalue weighted by Gasteiger charge is 2.47. The number of rotatable bonds is 15. The second-order valence-electron chi connectivity index (χ2n) is 10.6. The van der Waals surface area contributed by atoms with Crippen LogP contribution in [0.5, 0.6) is 23.0 Å². The Morgan fingerprint density at radius 1 is 0.729 bits per heavy atom. The Balaban J connectivity index is 1.44. The molecule has 0 unspecified atom stereocenters. The van der Waals surface area contributed by atoms with Crippen LogP contribution in [-0.4, -0.2) is 94.5 Å². The van der Waals surface area contributed by atoms with E-state index in [1.807, 2.05) is 36.4 Å². The van der Waals surface area contributed by atoms with E-state index < -0.39 is 49.3 Å². The molecule has 0 bridgehead atoms. The van der Waals surface area contributed by atoms with Crippen molar-refractivity contribution in [2.45, 2.75) is 37.1 Å². The number of benzene rings is 3. The van der Waals surface area contributed by atoms with Crippen molar-refractivity contribution in [2.75, 3.05) is 41.7 Å². The summed E-state index contributed by atoms with van der Waals surface area (Å²) in [5.74, 6) is 0.585. The molecule has 12 nitrogen and oxygen atoms in total. The first-order valence-electron chi connectivity index (χ1n) is 15.1. The number of hydrogen-bond acceptors (Lipinski definition) is 12. The maximum atomic E-state index is 12.9. The minimum absolute atomic E-state index is 0.0920. The summed E-state index contributed by atoms with van der Waals surface area (Å²) in [6.07, 6.45) is -1.25. The lowest BCUT2D eigenvalue weighted by Crippen LogP contribution is -2.60. The van der Waals surface area contributed by atoms with Crippen LogP contribution in [0.2, 0.25) is 0 Å². The first-order valence-corrected chi connectivity index (χ1v) is 15.1. The van der Waals surface area contributed by atoms with E-state index in [2.05, 4.69) is 0 Å². The van der Waals surface area contributed by atoms with Gasteiger partial charge in [0, 0.05) is 12.2 Å². The molecule has 1 saturated heterocycles. The van der Waals surface area contributed by atoms with E-state index in [0.29, 0.717) is 35.0 Å². The first-order chi connectivity index (χ1) is 23.3. The van der Waals surface area contributed by atoms with E-state index in [1.165, 1.54) is 33.5 Å². The number of esters is 2. The topological polar surface area (TPSA) is 148 Å². The van der Waals surface area contributed by atoms with Gasteiger partial charge in [-0.2, -0.15) is 0 Å². The van der Waals surface area contributed by atoms with Crippen LogP contribution in [0.15, 0.2) is 78.9 Å². The third-order valence-corrected chi connectivity index (χ3v) is 7.43.